The van der Waals surface area contributed by atoms with Crippen molar-refractivity contribution in [1.29, 1.82) is 0 Å². The van der Waals surface area contributed by atoms with Crippen LogP contribution in [0.1, 0.15) is 18.2 Å². The highest BCUT2D eigenvalue weighted by Crippen LogP contribution is 2.11. The summed E-state index contributed by atoms with van der Waals surface area (Å²) in [5.74, 6) is 0.718. The molecule has 5 heteroatoms. The van der Waals surface area contributed by atoms with E-state index in [0.29, 0.717) is 5.11 Å². The molecule has 2 rings (SSSR count). The molecule has 1 aromatic carbocycles. The quantitative estimate of drug-likeness (QED) is 0.742. The first-order valence-corrected chi connectivity index (χ1v) is 6.27. The van der Waals surface area contributed by atoms with Gasteiger partial charge in [-0.3, -0.25) is 5.10 Å². The van der Waals surface area contributed by atoms with Crippen LogP contribution in [0.5, 0.6) is 0 Å². The molecular formula is C13H16N4S. The second kappa shape index (κ2) is 5.64. The number of aromatic nitrogens is 2. The predicted molar refractivity (Wildman–Crippen MR) is 79.0 cm³/mol. The Labute approximate surface area is 112 Å². The van der Waals surface area contributed by atoms with Gasteiger partial charge in [0.05, 0.1) is 0 Å². The topological polar surface area (TPSA) is 52.7 Å². The Morgan fingerprint density at radius 1 is 1.28 bits per heavy atom. The van der Waals surface area contributed by atoms with Gasteiger partial charge in [0.25, 0.3) is 0 Å². The molecule has 0 saturated carbocycles. The fourth-order valence-electron chi connectivity index (χ4n) is 1.58. The van der Waals surface area contributed by atoms with E-state index in [1.807, 2.05) is 25.1 Å². The zero-order chi connectivity index (χ0) is 13.0. The maximum Gasteiger partial charge on any atom is 0.176 e. The van der Waals surface area contributed by atoms with Crippen LogP contribution in [0, 0.1) is 6.92 Å². The highest BCUT2D eigenvalue weighted by Gasteiger charge is 2.01. The maximum absolute atomic E-state index is 5.21. The Hall–Kier alpha value is -1.88. The van der Waals surface area contributed by atoms with Crippen LogP contribution in [0.2, 0.25) is 0 Å². The first-order chi connectivity index (χ1) is 8.67. The highest BCUT2D eigenvalue weighted by atomic mass is 32.1. The molecular weight excluding hydrogens is 244 g/mol. The number of rotatable bonds is 3. The minimum absolute atomic E-state index is 0.533. The summed E-state index contributed by atoms with van der Waals surface area (Å²) in [5, 5.41) is 13.6. The molecule has 0 saturated heterocycles. The lowest BCUT2D eigenvalue weighted by Crippen LogP contribution is -2.19. The van der Waals surface area contributed by atoms with Gasteiger partial charge in [0.15, 0.2) is 10.9 Å². The van der Waals surface area contributed by atoms with Crippen LogP contribution in [0.25, 0.3) is 0 Å². The number of hydrogen-bond donors (Lipinski definition) is 3. The van der Waals surface area contributed by atoms with Crippen molar-refractivity contribution in [2.75, 3.05) is 10.6 Å². The Morgan fingerprint density at radius 3 is 2.56 bits per heavy atom. The van der Waals surface area contributed by atoms with E-state index in [1.54, 1.807) is 0 Å². The third kappa shape index (κ3) is 3.30. The van der Waals surface area contributed by atoms with Crippen molar-refractivity contribution < 1.29 is 0 Å². The van der Waals surface area contributed by atoms with Gasteiger partial charge < -0.3 is 10.6 Å². The minimum Gasteiger partial charge on any atom is -0.332 e. The molecule has 0 aliphatic rings. The zero-order valence-electron chi connectivity index (χ0n) is 10.4. The van der Waals surface area contributed by atoms with Crippen LogP contribution < -0.4 is 10.6 Å². The number of thiocarbonyl (C=S) groups is 1. The largest absolute Gasteiger partial charge is 0.332 e. The van der Waals surface area contributed by atoms with Gasteiger partial charge in [-0.1, -0.05) is 19.1 Å². The number of hydrogen-bond acceptors (Lipinski definition) is 2. The third-order valence-electron chi connectivity index (χ3n) is 2.57. The van der Waals surface area contributed by atoms with Crippen LogP contribution in [-0.4, -0.2) is 15.3 Å². The van der Waals surface area contributed by atoms with Gasteiger partial charge in [-0.25, -0.2) is 0 Å². The first kappa shape index (κ1) is 12.6. The Bertz CT molecular complexity index is 530. The van der Waals surface area contributed by atoms with Crippen molar-refractivity contribution in [3.63, 3.8) is 0 Å². The summed E-state index contributed by atoms with van der Waals surface area (Å²) in [5.41, 5.74) is 3.27. The van der Waals surface area contributed by atoms with Crippen molar-refractivity contribution in [1.82, 2.24) is 10.2 Å². The summed E-state index contributed by atoms with van der Waals surface area (Å²) in [6.45, 7) is 4.08. The highest BCUT2D eigenvalue weighted by molar-refractivity contribution is 7.80. The van der Waals surface area contributed by atoms with Crippen LogP contribution in [0.3, 0.4) is 0 Å². The van der Waals surface area contributed by atoms with Crippen molar-refractivity contribution in [2.45, 2.75) is 20.3 Å². The predicted octanol–water partition coefficient (Wildman–Crippen LogP) is 3.09. The molecule has 18 heavy (non-hydrogen) atoms. The molecule has 0 fully saturated rings. The zero-order valence-corrected chi connectivity index (χ0v) is 11.3. The number of anilines is 2. The second-order valence-electron chi connectivity index (χ2n) is 4.07. The van der Waals surface area contributed by atoms with E-state index in [4.69, 9.17) is 12.2 Å². The molecule has 94 valence electrons. The molecule has 0 radical (unpaired) electrons. The molecule has 0 unspecified atom stereocenters. The molecule has 0 amide bonds. The van der Waals surface area contributed by atoms with E-state index in [0.717, 1.165) is 23.6 Å². The van der Waals surface area contributed by atoms with E-state index in [2.05, 4.69) is 39.9 Å². The standard InChI is InChI=1S/C13H16N4S/c1-3-10-4-6-11(7-5-10)14-13(18)15-12-8-9(2)16-17-12/h4-8H,3H2,1-2H3,(H3,14,15,16,17,18). The number of aryl methyl sites for hydroxylation is 2. The monoisotopic (exact) mass is 260 g/mol. The number of benzene rings is 1. The van der Waals surface area contributed by atoms with Gasteiger partial charge in [0.2, 0.25) is 0 Å². The average molecular weight is 260 g/mol. The van der Waals surface area contributed by atoms with Crippen molar-refractivity contribution >= 4 is 28.8 Å². The number of nitrogens with one attached hydrogen (secondary N) is 3. The van der Waals surface area contributed by atoms with Crippen LogP contribution in [0.4, 0.5) is 11.5 Å². The third-order valence-corrected chi connectivity index (χ3v) is 2.77. The SMILES string of the molecule is CCc1ccc(NC(=S)Nc2cc(C)[nH]n2)cc1. The van der Waals surface area contributed by atoms with E-state index in [9.17, 15) is 0 Å². The van der Waals surface area contributed by atoms with E-state index < -0.39 is 0 Å². The molecule has 3 N–H and O–H groups in total. The lowest BCUT2D eigenvalue weighted by molar-refractivity contribution is 1.05. The van der Waals surface area contributed by atoms with E-state index in [-0.39, 0.29) is 0 Å². The van der Waals surface area contributed by atoms with Crippen LogP contribution in [0.15, 0.2) is 30.3 Å². The van der Waals surface area contributed by atoms with Crippen LogP contribution >= 0.6 is 12.2 Å². The molecule has 0 aliphatic heterocycles. The molecule has 0 spiro atoms. The number of aromatic amines is 1. The van der Waals surface area contributed by atoms with Crippen molar-refractivity contribution in [3.8, 4) is 0 Å². The van der Waals surface area contributed by atoms with E-state index >= 15 is 0 Å². The summed E-state index contributed by atoms with van der Waals surface area (Å²) in [6.07, 6.45) is 1.04. The van der Waals surface area contributed by atoms with Gasteiger partial charge >= 0.3 is 0 Å². The van der Waals surface area contributed by atoms with Crippen molar-refractivity contribution in [3.05, 3.63) is 41.6 Å². The lowest BCUT2D eigenvalue weighted by Gasteiger charge is -2.08. The van der Waals surface area contributed by atoms with Gasteiger partial charge in [0.1, 0.15) is 0 Å². The first-order valence-electron chi connectivity index (χ1n) is 5.86. The van der Waals surface area contributed by atoms with E-state index in [1.165, 1.54) is 5.56 Å². The molecule has 1 aromatic heterocycles. The van der Waals surface area contributed by atoms with Gasteiger partial charge in [-0.05, 0) is 43.3 Å². The minimum atomic E-state index is 0.533. The fraction of sp³-hybridized carbons (Fsp3) is 0.231. The summed E-state index contributed by atoms with van der Waals surface area (Å²) >= 11 is 5.21. The molecule has 0 bridgehead atoms. The fourth-order valence-corrected chi connectivity index (χ4v) is 1.81. The van der Waals surface area contributed by atoms with Gasteiger partial charge in [0, 0.05) is 17.4 Å². The van der Waals surface area contributed by atoms with Crippen molar-refractivity contribution in [2.24, 2.45) is 0 Å². The number of nitrogens with zero attached hydrogens (tertiary/aromatic N) is 1. The molecule has 1 heterocycles. The number of H-pyrrole nitrogens is 1. The maximum atomic E-state index is 5.21. The Morgan fingerprint density at radius 2 is 2.00 bits per heavy atom. The summed E-state index contributed by atoms with van der Waals surface area (Å²) in [4.78, 5) is 0. The van der Waals surface area contributed by atoms with Crippen LogP contribution in [-0.2, 0) is 6.42 Å². The lowest BCUT2D eigenvalue weighted by atomic mass is 10.1. The smallest absolute Gasteiger partial charge is 0.176 e. The molecule has 4 nitrogen and oxygen atoms in total. The summed E-state index contributed by atoms with van der Waals surface area (Å²) < 4.78 is 0. The van der Waals surface area contributed by atoms with Gasteiger partial charge in [-0.15, -0.1) is 0 Å². The Kier molecular flexibility index (Phi) is 3.94. The summed E-state index contributed by atoms with van der Waals surface area (Å²) in [7, 11) is 0. The molecule has 0 atom stereocenters. The second-order valence-corrected chi connectivity index (χ2v) is 4.47. The molecule has 2 aromatic rings. The van der Waals surface area contributed by atoms with Gasteiger partial charge in [-0.2, -0.15) is 5.10 Å². The summed E-state index contributed by atoms with van der Waals surface area (Å²) in [6, 6.07) is 10.1. The average Bonchev–Trinajstić information content (AvgIpc) is 2.75. The normalized spacial score (nSPS) is 10.1. The Balaban J connectivity index is 1.94. The molecule has 0 aliphatic carbocycles.